The summed E-state index contributed by atoms with van der Waals surface area (Å²) in [5.74, 6) is 0. The number of hydrogen-bond acceptors (Lipinski definition) is 4. The molecule has 0 aliphatic heterocycles. The quantitative estimate of drug-likeness (QED) is 0.730. The molecule has 1 aromatic carbocycles. The van der Waals surface area contributed by atoms with Crippen molar-refractivity contribution in [1.82, 2.24) is 14.6 Å². The van der Waals surface area contributed by atoms with Gasteiger partial charge in [-0.05, 0) is 18.9 Å². The average molecular weight is 324 g/mol. The second-order valence-electron chi connectivity index (χ2n) is 6.85. The Morgan fingerprint density at radius 1 is 1.17 bits per heavy atom. The Labute approximate surface area is 140 Å². The highest BCUT2D eigenvalue weighted by Gasteiger charge is 2.25. The minimum atomic E-state index is -0.152. The van der Waals surface area contributed by atoms with Crippen LogP contribution in [-0.2, 0) is 18.3 Å². The van der Waals surface area contributed by atoms with E-state index in [2.05, 4.69) is 68.1 Å². The number of benzene rings is 1. The third-order valence-corrected chi connectivity index (χ3v) is 4.78. The van der Waals surface area contributed by atoms with Gasteiger partial charge in [-0.25, -0.2) is 4.98 Å². The van der Waals surface area contributed by atoms with Crippen LogP contribution in [0.25, 0.3) is 4.96 Å². The van der Waals surface area contributed by atoms with Gasteiger partial charge in [0, 0.05) is 11.8 Å². The topological polar surface area (TPSA) is 54.0 Å². The average Bonchev–Trinajstić information content (AvgIpc) is 3.03. The van der Waals surface area contributed by atoms with Gasteiger partial charge < -0.3 is 0 Å². The van der Waals surface area contributed by atoms with Crippen LogP contribution in [0.4, 0.5) is 0 Å². The van der Waals surface area contributed by atoms with E-state index in [0.717, 1.165) is 28.5 Å². The minimum absolute atomic E-state index is 0.152. The standard InChI is InChI=1S/C18H20N4S/c1-12-5-7-13(8-6-12)9-10-15-21-22-14(11-19)16(18(2,3)4)20-17(22)23-15/h5-8H,9-10H2,1-4H3. The molecular weight excluding hydrogens is 304 g/mol. The molecule has 0 radical (unpaired) electrons. The summed E-state index contributed by atoms with van der Waals surface area (Å²) in [6, 6.07) is 10.8. The number of nitriles is 1. The SMILES string of the molecule is Cc1ccc(CCc2nn3c(C#N)c(C(C)(C)C)nc3s2)cc1. The highest BCUT2D eigenvalue weighted by Crippen LogP contribution is 2.28. The van der Waals surface area contributed by atoms with E-state index in [1.807, 2.05) is 0 Å². The highest BCUT2D eigenvalue weighted by atomic mass is 32.1. The first kappa shape index (κ1) is 15.7. The lowest BCUT2D eigenvalue weighted by Gasteiger charge is -2.14. The van der Waals surface area contributed by atoms with Crippen molar-refractivity contribution in [2.75, 3.05) is 0 Å². The van der Waals surface area contributed by atoms with Gasteiger partial charge >= 0.3 is 0 Å². The summed E-state index contributed by atoms with van der Waals surface area (Å²) in [5, 5.41) is 15.1. The van der Waals surface area contributed by atoms with Crippen molar-refractivity contribution in [3.05, 3.63) is 51.8 Å². The zero-order chi connectivity index (χ0) is 16.6. The van der Waals surface area contributed by atoms with Crippen molar-refractivity contribution in [2.24, 2.45) is 0 Å². The Hall–Kier alpha value is -2.19. The van der Waals surface area contributed by atoms with E-state index in [9.17, 15) is 5.26 Å². The molecule has 0 amide bonds. The predicted molar refractivity (Wildman–Crippen MR) is 92.9 cm³/mol. The Morgan fingerprint density at radius 3 is 2.48 bits per heavy atom. The molecule has 0 fully saturated rings. The number of imidazole rings is 1. The molecule has 0 aliphatic carbocycles. The van der Waals surface area contributed by atoms with Gasteiger partial charge in [0.2, 0.25) is 4.96 Å². The van der Waals surface area contributed by atoms with Crippen LogP contribution in [0.1, 0.15) is 48.3 Å². The van der Waals surface area contributed by atoms with Gasteiger partial charge in [0.15, 0.2) is 5.69 Å². The lowest BCUT2D eigenvalue weighted by molar-refractivity contribution is 0.570. The molecule has 3 aromatic rings. The third-order valence-electron chi connectivity index (χ3n) is 3.81. The molecule has 4 nitrogen and oxygen atoms in total. The lowest BCUT2D eigenvalue weighted by atomic mass is 9.91. The maximum atomic E-state index is 9.47. The van der Waals surface area contributed by atoms with Crippen LogP contribution in [0.5, 0.6) is 0 Å². The molecule has 118 valence electrons. The number of nitrogens with zero attached hydrogens (tertiary/aromatic N) is 4. The summed E-state index contributed by atoms with van der Waals surface area (Å²) in [7, 11) is 0. The van der Waals surface area contributed by atoms with Crippen molar-refractivity contribution in [3.8, 4) is 6.07 Å². The number of aryl methyl sites for hydroxylation is 3. The maximum Gasteiger partial charge on any atom is 0.213 e. The molecule has 0 saturated carbocycles. The maximum absolute atomic E-state index is 9.47. The van der Waals surface area contributed by atoms with Gasteiger partial charge in [-0.3, -0.25) is 0 Å². The van der Waals surface area contributed by atoms with Gasteiger partial charge in [-0.15, -0.1) is 0 Å². The molecule has 23 heavy (non-hydrogen) atoms. The van der Waals surface area contributed by atoms with Crippen LogP contribution in [0.15, 0.2) is 24.3 Å². The van der Waals surface area contributed by atoms with Crippen LogP contribution in [0.3, 0.4) is 0 Å². The molecular formula is C18H20N4S. The molecule has 2 aromatic heterocycles. The smallest absolute Gasteiger partial charge is 0.213 e. The highest BCUT2D eigenvalue weighted by molar-refractivity contribution is 7.16. The monoisotopic (exact) mass is 324 g/mol. The summed E-state index contributed by atoms with van der Waals surface area (Å²) in [6.45, 7) is 8.30. The molecule has 0 N–H and O–H groups in total. The van der Waals surface area contributed by atoms with E-state index in [1.165, 1.54) is 11.1 Å². The predicted octanol–water partition coefficient (Wildman–Crippen LogP) is 4.05. The van der Waals surface area contributed by atoms with Gasteiger partial charge in [-0.1, -0.05) is 61.9 Å². The fraction of sp³-hybridized carbons (Fsp3) is 0.389. The molecule has 3 rings (SSSR count). The van der Waals surface area contributed by atoms with E-state index >= 15 is 0 Å². The fourth-order valence-corrected chi connectivity index (χ4v) is 3.41. The molecule has 0 aliphatic rings. The molecule has 0 bridgehead atoms. The number of aromatic nitrogens is 3. The summed E-state index contributed by atoms with van der Waals surface area (Å²) < 4.78 is 1.70. The molecule has 0 spiro atoms. The van der Waals surface area contributed by atoms with Gasteiger partial charge in [0.25, 0.3) is 0 Å². The Balaban J connectivity index is 1.85. The molecule has 5 heteroatoms. The summed E-state index contributed by atoms with van der Waals surface area (Å²) in [5.41, 5.74) is 3.81. The normalized spacial score (nSPS) is 11.8. The second kappa shape index (κ2) is 5.78. The van der Waals surface area contributed by atoms with Crippen molar-refractivity contribution >= 4 is 16.3 Å². The lowest BCUT2D eigenvalue weighted by Crippen LogP contribution is -2.14. The first-order valence-corrected chi connectivity index (χ1v) is 8.54. The van der Waals surface area contributed by atoms with Crippen molar-refractivity contribution < 1.29 is 0 Å². The van der Waals surface area contributed by atoms with Crippen LogP contribution < -0.4 is 0 Å². The zero-order valence-corrected chi connectivity index (χ0v) is 14.7. The largest absolute Gasteiger partial charge is 0.221 e. The van der Waals surface area contributed by atoms with Crippen molar-refractivity contribution in [1.29, 1.82) is 5.26 Å². The van der Waals surface area contributed by atoms with E-state index in [4.69, 9.17) is 0 Å². The summed E-state index contributed by atoms with van der Waals surface area (Å²) in [4.78, 5) is 5.45. The minimum Gasteiger partial charge on any atom is -0.221 e. The van der Waals surface area contributed by atoms with Crippen molar-refractivity contribution in [3.63, 3.8) is 0 Å². The van der Waals surface area contributed by atoms with Gasteiger partial charge in [0.05, 0.1) is 5.69 Å². The van der Waals surface area contributed by atoms with Gasteiger partial charge in [-0.2, -0.15) is 14.9 Å². The summed E-state index contributed by atoms with van der Waals surface area (Å²) in [6.07, 6.45) is 1.82. The van der Waals surface area contributed by atoms with E-state index in [1.54, 1.807) is 15.9 Å². The van der Waals surface area contributed by atoms with Crippen LogP contribution in [0, 0.1) is 18.3 Å². The Morgan fingerprint density at radius 2 is 1.87 bits per heavy atom. The van der Waals surface area contributed by atoms with E-state index < -0.39 is 0 Å². The van der Waals surface area contributed by atoms with Crippen LogP contribution in [0.2, 0.25) is 0 Å². The van der Waals surface area contributed by atoms with Crippen molar-refractivity contribution in [2.45, 2.75) is 46.0 Å². The number of rotatable bonds is 3. The summed E-state index contributed by atoms with van der Waals surface area (Å²) >= 11 is 1.58. The van der Waals surface area contributed by atoms with Crippen LogP contribution in [-0.4, -0.2) is 14.6 Å². The van der Waals surface area contributed by atoms with Crippen LogP contribution >= 0.6 is 11.3 Å². The van der Waals surface area contributed by atoms with Gasteiger partial charge in [0.1, 0.15) is 11.1 Å². The number of hydrogen-bond donors (Lipinski definition) is 0. The van der Waals surface area contributed by atoms with E-state index in [-0.39, 0.29) is 5.41 Å². The van der Waals surface area contributed by atoms with E-state index in [0.29, 0.717) is 5.69 Å². The molecule has 2 heterocycles. The number of fused-ring (bicyclic) bond motifs is 1. The molecule has 0 saturated heterocycles. The second-order valence-corrected chi connectivity index (χ2v) is 7.89. The first-order valence-electron chi connectivity index (χ1n) is 7.73. The third kappa shape index (κ3) is 3.13. The Kier molecular flexibility index (Phi) is 3.95. The molecule has 0 unspecified atom stereocenters. The fourth-order valence-electron chi connectivity index (χ4n) is 2.52. The first-order chi connectivity index (χ1) is 10.9. The Bertz CT molecular complexity index is 873. The zero-order valence-electron chi connectivity index (χ0n) is 13.9. The molecule has 0 atom stereocenters.